The minimum absolute atomic E-state index is 0.0401. The van der Waals surface area contributed by atoms with E-state index in [1.807, 2.05) is 0 Å². The molecule has 0 radical (unpaired) electrons. The minimum Gasteiger partial charge on any atom is -0.481 e. The zero-order valence-electron chi connectivity index (χ0n) is 13.7. The molecule has 4 N–H and O–H groups in total. The molecule has 0 bridgehead atoms. The highest BCUT2D eigenvalue weighted by atomic mass is 32.2. The lowest BCUT2D eigenvalue weighted by Crippen LogP contribution is -2.49. The summed E-state index contributed by atoms with van der Waals surface area (Å²) in [6.07, 6.45) is 1.62. The third-order valence-electron chi connectivity index (χ3n) is 3.56. The maximum Gasteiger partial charge on any atom is 0.322 e. The van der Waals surface area contributed by atoms with E-state index in [4.69, 9.17) is 10.2 Å². The van der Waals surface area contributed by atoms with Gasteiger partial charge in [0, 0.05) is 36.7 Å². The zero-order valence-corrected chi connectivity index (χ0v) is 14.5. The first-order valence-corrected chi connectivity index (χ1v) is 8.96. The first-order valence-electron chi connectivity index (χ1n) is 7.92. The predicted octanol–water partition coefficient (Wildman–Crippen LogP) is -0.218. The smallest absolute Gasteiger partial charge is 0.322 e. The van der Waals surface area contributed by atoms with Crippen LogP contribution in [0, 0.1) is 0 Å². The lowest BCUT2D eigenvalue weighted by Gasteiger charge is -2.19. The number of nitrogens with one attached hydrogen (secondary N) is 2. The van der Waals surface area contributed by atoms with Gasteiger partial charge in [-0.2, -0.15) is 11.8 Å². The number of carbonyl (C=O) groups is 5. The number of Topliss-reactive ketones (excluding diaryl/α,β-unsaturated/α-hetero) is 1. The van der Waals surface area contributed by atoms with Gasteiger partial charge < -0.3 is 20.8 Å². The number of ketones is 1. The van der Waals surface area contributed by atoms with E-state index in [0.29, 0.717) is 12.8 Å². The van der Waals surface area contributed by atoms with Crippen molar-refractivity contribution in [3.8, 4) is 0 Å². The van der Waals surface area contributed by atoms with Crippen LogP contribution in [-0.2, 0) is 24.0 Å². The quantitative estimate of drug-likeness (QED) is 0.388. The molecular formula is C15H22N2O7S. The molecule has 0 aliphatic heterocycles. The van der Waals surface area contributed by atoms with Crippen LogP contribution in [0.4, 0.5) is 0 Å². The summed E-state index contributed by atoms with van der Waals surface area (Å²) >= 11 is 1.39. The molecular weight excluding hydrogens is 352 g/mol. The number of carboxylic acids is 2. The van der Waals surface area contributed by atoms with Crippen LogP contribution in [0.3, 0.4) is 0 Å². The van der Waals surface area contributed by atoms with Gasteiger partial charge in [-0.1, -0.05) is 0 Å². The van der Waals surface area contributed by atoms with Crippen molar-refractivity contribution in [3.63, 3.8) is 0 Å². The molecule has 2 amide bonds. The average molecular weight is 374 g/mol. The second kappa shape index (κ2) is 10.7. The number of rotatable bonds is 11. The second-order valence-electron chi connectivity index (χ2n) is 5.72. The van der Waals surface area contributed by atoms with Crippen molar-refractivity contribution in [2.75, 3.05) is 12.3 Å². The number of thioether (sulfide) groups is 1. The average Bonchev–Trinajstić information content (AvgIpc) is 2.94. The van der Waals surface area contributed by atoms with Crippen LogP contribution in [0.1, 0.15) is 38.5 Å². The van der Waals surface area contributed by atoms with Crippen LogP contribution in [0.5, 0.6) is 0 Å². The maximum atomic E-state index is 12.1. The fourth-order valence-corrected chi connectivity index (χ4v) is 3.58. The molecule has 0 spiro atoms. The van der Waals surface area contributed by atoms with E-state index in [1.54, 1.807) is 0 Å². The molecule has 140 valence electrons. The summed E-state index contributed by atoms with van der Waals surface area (Å²) in [6.45, 7) is -0.559. The summed E-state index contributed by atoms with van der Waals surface area (Å²) in [5, 5.41) is 22.0. The van der Waals surface area contributed by atoms with Crippen molar-refractivity contribution < 1.29 is 34.2 Å². The largest absolute Gasteiger partial charge is 0.481 e. The molecule has 2 atom stereocenters. The molecule has 1 aliphatic rings. The Hall–Kier alpha value is -2.10. The van der Waals surface area contributed by atoms with Crippen molar-refractivity contribution in [3.05, 3.63) is 0 Å². The highest BCUT2D eigenvalue weighted by Gasteiger charge is 2.26. The summed E-state index contributed by atoms with van der Waals surface area (Å²) in [5.74, 6) is -2.92. The Morgan fingerprint density at radius 2 is 1.88 bits per heavy atom. The molecule has 0 aromatic heterocycles. The summed E-state index contributed by atoms with van der Waals surface area (Å²) in [4.78, 5) is 56.2. The van der Waals surface area contributed by atoms with Gasteiger partial charge in [-0.05, 0) is 12.8 Å². The first kappa shape index (κ1) is 20.9. The molecule has 1 rings (SSSR count). The lowest BCUT2D eigenvalue weighted by molar-refractivity contribution is -0.138. The van der Waals surface area contributed by atoms with Crippen molar-refractivity contribution in [1.82, 2.24) is 10.6 Å². The Kier molecular flexibility index (Phi) is 8.96. The van der Waals surface area contributed by atoms with Gasteiger partial charge in [0.1, 0.15) is 18.4 Å². The van der Waals surface area contributed by atoms with Crippen LogP contribution in [-0.4, -0.2) is 63.3 Å². The van der Waals surface area contributed by atoms with E-state index >= 15 is 0 Å². The van der Waals surface area contributed by atoms with E-state index in [2.05, 4.69) is 10.6 Å². The molecule has 1 fully saturated rings. The molecule has 1 aliphatic carbocycles. The maximum absolute atomic E-state index is 12.1. The summed E-state index contributed by atoms with van der Waals surface area (Å²) in [6, 6.07) is -0.933. The summed E-state index contributed by atoms with van der Waals surface area (Å²) in [7, 11) is 0. The zero-order chi connectivity index (χ0) is 18.8. The van der Waals surface area contributed by atoms with Crippen molar-refractivity contribution >= 4 is 41.3 Å². The van der Waals surface area contributed by atoms with Gasteiger partial charge in [-0.25, -0.2) is 0 Å². The molecule has 10 heteroatoms. The summed E-state index contributed by atoms with van der Waals surface area (Å²) in [5.41, 5.74) is 0. The Morgan fingerprint density at radius 1 is 1.16 bits per heavy atom. The molecule has 25 heavy (non-hydrogen) atoms. The van der Waals surface area contributed by atoms with Gasteiger partial charge in [0.2, 0.25) is 11.8 Å². The van der Waals surface area contributed by atoms with Gasteiger partial charge in [0.05, 0.1) is 0 Å². The van der Waals surface area contributed by atoms with Crippen molar-refractivity contribution in [2.24, 2.45) is 0 Å². The number of aliphatic carboxylic acids is 2. The highest BCUT2D eigenvalue weighted by Crippen LogP contribution is 2.27. The van der Waals surface area contributed by atoms with E-state index in [9.17, 15) is 24.0 Å². The number of hydrogen-bond acceptors (Lipinski definition) is 6. The van der Waals surface area contributed by atoms with Gasteiger partial charge >= 0.3 is 11.9 Å². The first-order chi connectivity index (χ1) is 11.8. The Labute approximate surface area is 148 Å². The fraction of sp³-hybridized carbons (Fsp3) is 0.667. The van der Waals surface area contributed by atoms with E-state index < -0.39 is 36.3 Å². The number of carboxylic acid groups (broad SMARTS) is 2. The van der Waals surface area contributed by atoms with Gasteiger partial charge in [0.25, 0.3) is 0 Å². The van der Waals surface area contributed by atoms with Crippen LogP contribution in [0.2, 0.25) is 0 Å². The minimum atomic E-state index is -1.20. The van der Waals surface area contributed by atoms with Crippen molar-refractivity contribution in [2.45, 2.75) is 49.8 Å². The fourth-order valence-electron chi connectivity index (χ4n) is 2.29. The van der Waals surface area contributed by atoms with E-state index in [-0.39, 0.29) is 36.0 Å². The molecule has 9 nitrogen and oxygen atoms in total. The summed E-state index contributed by atoms with van der Waals surface area (Å²) < 4.78 is 0. The Bertz CT molecular complexity index is 538. The topological polar surface area (TPSA) is 150 Å². The Balaban J connectivity index is 2.52. The number of hydrogen-bond donors (Lipinski definition) is 4. The third-order valence-corrected chi connectivity index (χ3v) is 4.96. The molecule has 2 unspecified atom stereocenters. The molecule has 1 saturated carbocycles. The molecule has 0 heterocycles. The van der Waals surface area contributed by atoms with Crippen LogP contribution < -0.4 is 10.6 Å². The van der Waals surface area contributed by atoms with Gasteiger partial charge in [-0.15, -0.1) is 0 Å². The number of carbonyl (C=O) groups excluding carboxylic acids is 3. The number of amides is 2. The predicted molar refractivity (Wildman–Crippen MR) is 89.2 cm³/mol. The van der Waals surface area contributed by atoms with E-state index in [1.165, 1.54) is 11.8 Å². The SMILES string of the molecule is O=C(O)CCCC(=O)NC(CSC1CCC(=O)C1)C(=O)NCC(=O)O. The monoisotopic (exact) mass is 374 g/mol. The van der Waals surface area contributed by atoms with Crippen LogP contribution >= 0.6 is 11.8 Å². The Morgan fingerprint density at radius 3 is 2.44 bits per heavy atom. The van der Waals surface area contributed by atoms with Gasteiger partial charge in [-0.3, -0.25) is 24.0 Å². The second-order valence-corrected chi connectivity index (χ2v) is 7.05. The van der Waals surface area contributed by atoms with Crippen LogP contribution in [0.25, 0.3) is 0 Å². The lowest BCUT2D eigenvalue weighted by atomic mass is 10.2. The molecule has 0 saturated heterocycles. The highest BCUT2D eigenvalue weighted by molar-refractivity contribution is 8.00. The standard InChI is InChI=1S/C15H22N2O7S/c18-9-4-5-10(6-9)25-8-11(15(24)16-7-14(22)23)17-12(19)2-1-3-13(20)21/h10-11H,1-8H2,(H,16,24)(H,17,19)(H,20,21)(H,22,23). The molecule has 0 aromatic carbocycles. The third kappa shape index (κ3) is 9.08. The van der Waals surface area contributed by atoms with Crippen molar-refractivity contribution in [1.29, 1.82) is 0 Å². The normalized spacial score (nSPS) is 17.8. The van der Waals surface area contributed by atoms with Gasteiger partial charge in [0.15, 0.2) is 0 Å². The van der Waals surface area contributed by atoms with E-state index in [0.717, 1.165) is 6.42 Å². The van der Waals surface area contributed by atoms with Crippen LogP contribution in [0.15, 0.2) is 0 Å². The molecule has 0 aromatic rings.